The predicted octanol–water partition coefficient (Wildman–Crippen LogP) is 4.03. The molecule has 0 bridgehead atoms. The summed E-state index contributed by atoms with van der Waals surface area (Å²) >= 11 is 0. The molecule has 1 aliphatic rings. The van der Waals surface area contributed by atoms with Crippen LogP contribution >= 0.6 is 0 Å². The molecule has 0 radical (unpaired) electrons. The summed E-state index contributed by atoms with van der Waals surface area (Å²) in [6, 6.07) is 14.0. The van der Waals surface area contributed by atoms with Gasteiger partial charge < -0.3 is 5.32 Å². The summed E-state index contributed by atoms with van der Waals surface area (Å²) in [6.45, 7) is 0. The number of hydrogen-bond donors (Lipinski definition) is 1. The Balaban J connectivity index is 1.82. The molecule has 0 amide bonds. The Bertz CT molecular complexity index is 597. The maximum absolute atomic E-state index is 13.9. The van der Waals surface area contributed by atoms with E-state index in [2.05, 4.69) is 17.4 Å². The van der Waals surface area contributed by atoms with Gasteiger partial charge in [0.05, 0.1) is 0 Å². The van der Waals surface area contributed by atoms with Gasteiger partial charge in [0.15, 0.2) is 0 Å². The lowest BCUT2D eigenvalue weighted by atomic mass is 9.98. The Kier molecular flexibility index (Phi) is 3.53. The lowest BCUT2D eigenvalue weighted by molar-refractivity contribution is 0.479. The van der Waals surface area contributed by atoms with Crippen LogP contribution in [0.25, 0.3) is 0 Å². The third kappa shape index (κ3) is 2.46. The highest BCUT2D eigenvalue weighted by molar-refractivity contribution is 5.31. The van der Waals surface area contributed by atoms with Crippen molar-refractivity contribution in [1.29, 1.82) is 0 Å². The van der Waals surface area contributed by atoms with Crippen molar-refractivity contribution in [2.45, 2.75) is 18.4 Å². The van der Waals surface area contributed by atoms with Gasteiger partial charge in [-0.05, 0) is 36.9 Å². The van der Waals surface area contributed by atoms with E-state index in [1.807, 2.05) is 25.2 Å². The van der Waals surface area contributed by atoms with Gasteiger partial charge in [-0.2, -0.15) is 0 Å². The molecule has 1 N–H and O–H groups in total. The highest BCUT2D eigenvalue weighted by Gasteiger charge is 2.44. The molecule has 3 heteroatoms. The van der Waals surface area contributed by atoms with Crippen molar-refractivity contribution in [1.82, 2.24) is 5.32 Å². The Morgan fingerprint density at radius 2 is 1.85 bits per heavy atom. The number of hydrogen-bond acceptors (Lipinski definition) is 1. The Morgan fingerprint density at radius 1 is 1.10 bits per heavy atom. The van der Waals surface area contributed by atoms with Crippen LogP contribution in [0.15, 0.2) is 48.5 Å². The highest BCUT2D eigenvalue weighted by Crippen LogP contribution is 2.54. The number of nitrogens with one attached hydrogen (secondary N) is 1. The molecule has 0 aromatic heterocycles. The molecule has 3 rings (SSSR count). The fraction of sp³-hybridized carbons (Fsp3) is 0.294. The van der Waals surface area contributed by atoms with E-state index in [-0.39, 0.29) is 6.04 Å². The summed E-state index contributed by atoms with van der Waals surface area (Å²) < 4.78 is 26.9. The quantitative estimate of drug-likeness (QED) is 0.887. The van der Waals surface area contributed by atoms with Crippen LogP contribution in [0.3, 0.4) is 0 Å². The molecule has 2 aromatic rings. The second kappa shape index (κ2) is 5.33. The molecule has 20 heavy (non-hydrogen) atoms. The lowest BCUT2D eigenvalue weighted by Gasteiger charge is -2.17. The maximum atomic E-state index is 13.9. The van der Waals surface area contributed by atoms with Gasteiger partial charge in [-0.15, -0.1) is 0 Å². The van der Waals surface area contributed by atoms with Gasteiger partial charge in [-0.25, -0.2) is 8.78 Å². The van der Waals surface area contributed by atoms with E-state index in [0.717, 1.165) is 12.5 Å². The number of rotatable bonds is 4. The van der Waals surface area contributed by atoms with Crippen molar-refractivity contribution in [3.63, 3.8) is 0 Å². The van der Waals surface area contributed by atoms with Crippen LogP contribution in [-0.4, -0.2) is 7.05 Å². The summed E-state index contributed by atoms with van der Waals surface area (Å²) in [5.41, 5.74) is 1.85. The zero-order chi connectivity index (χ0) is 14.1. The molecule has 2 aromatic carbocycles. The molecule has 1 nitrogen and oxygen atoms in total. The second-order valence-electron chi connectivity index (χ2n) is 5.35. The van der Waals surface area contributed by atoms with Crippen molar-refractivity contribution in [3.05, 3.63) is 71.3 Å². The van der Waals surface area contributed by atoms with Crippen LogP contribution in [0.1, 0.15) is 29.5 Å². The van der Waals surface area contributed by atoms with Crippen molar-refractivity contribution in [2.24, 2.45) is 5.92 Å². The van der Waals surface area contributed by atoms with Crippen LogP contribution in [0.4, 0.5) is 8.78 Å². The van der Waals surface area contributed by atoms with Crippen LogP contribution < -0.4 is 5.32 Å². The van der Waals surface area contributed by atoms with E-state index in [1.54, 1.807) is 6.07 Å². The molecule has 1 saturated carbocycles. The van der Waals surface area contributed by atoms with E-state index in [9.17, 15) is 8.78 Å². The SMILES string of the molecule is CNC(c1ccc(F)cc1F)C1CC1c1ccccc1. The minimum atomic E-state index is -0.531. The first kappa shape index (κ1) is 13.3. The summed E-state index contributed by atoms with van der Waals surface area (Å²) in [5, 5.41) is 3.18. The predicted molar refractivity (Wildman–Crippen MR) is 75.4 cm³/mol. The zero-order valence-electron chi connectivity index (χ0n) is 11.3. The van der Waals surface area contributed by atoms with Gasteiger partial charge in [0.25, 0.3) is 0 Å². The van der Waals surface area contributed by atoms with E-state index in [4.69, 9.17) is 0 Å². The topological polar surface area (TPSA) is 12.0 Å². The Labute approximate surface area is 117 Å². The first-order valence-electron chi connectivity index (χ1n) is 6.88. The maximum Gasteiger partial charge on any atom is 0.130 e. The van der Waals surface area contributed by atoms with Crippen molar-refractivity contribution in [2.75, 3.05) is 7.05 Å². The summed E-state index contributed by atoms with van der Waals surface area (Å²) in [7, 11) is 1.83. The lowest BCUT2D eigenvalue weighted by Crippen LogP contribution is -2.20. The monoisotopic (exact) mass is 273 g/mol. The summed E-state index contributed by atoms with van der Waals surface area (Å²) in [4.78, 5) is 0. The molecule has 0 saturated heterocycles. The third-order valence-corrected chi connectivity index (χ3v) is 4.10. The van der Waals surface area contributed by atoms with Crippen LogP contribution in [-0.2, 0) is 0 Å². The largest absolute Gasteiger partial charge is 0.313 e. The number of halogens is 2. The van der Waals surface area contributed by atoms with Gasteiger partial charge >= 0.3 is 0 Å². The fourth-order valence-electron chi connectivity index (χ4n) is 3.02. The average molecular weight is 273 g/mol. The standard InChI is InChI=1S/C17H17F2N/c1-20-17(13-8-7-12(18)9-16(13)19)15-10-14(15)11-5-3-2-4-6-11/h2-9,14-15,17,20H,10H2,1H3. The molecule has 3 unspecified atom stereocenters. The van der Waals surface area contributed by atoms with Gasteiger partial charge in [0, 0.05) is 17.7 Å². The Morgan fingerprint density at radius 3 is 2.50 bits per heavy atom. The average Bonchev–Trinajstić information content (AvgIpc) is 3.23. The molecular formula is C17H17F2N. The van der Waals surface area contributed by atoms with Crippen LogP contribution in [0, 0.1) is 17.6 Å². The molecule has 1 aliphatic carbocycles. The van der Waals surface area contributed by atoms with Crippen LogP contribution in [0.2, 0.25) is 0 Å². The molecule has 104 valence electrons. The second-order valence-corrected chi connectivity index (χ2v) is 5.35. The first-order valence-corrected chi connectivity index (χ1v) is 6.88. The summed E-state index contributed by atoms with van der Waals surface area (Å²) in [5.74, 6) is -0.181. The van der Waals surface area contributed by atoms with E-state index in [0.29, 0.717) is 17.4 Å². The summed E-state index contributed by atoms with van der Waals surface area (Å²) in [6.07, 6.45) is 1.03. The molecule has 3 atom stereocenters. The van der Waals surface area contributed by atoms with Crippen molar-refractivity contribution in [3.8, 4) is 0 Å². The van der Waals surface area contributed by atoms with E-state index in [1.165, 1.54) is 11.6 Å². The van der Waals surface area contributed by atoms with Gasteiger partial charge in [-0.3, -0.25) is 0 Å². The van der Waals surface area contributed by atoms with Gasteiger partial charge in [-0.1, -0.05) is 36.4 Å². The fourth-order valence-corrected chi connectivity index (χ4v) is 3.02. The molecule has 0 heterocycles. The van der Waals surface area contributed by atoms with Crippen molar-refractivity contribution >= 4 is 0 Å². The normalized spacial score (nSPS) is 22.6. The molecule has 0 aliphatic heterocycles. The smallest absolute Gasteiger partial charge is 0.130 e. The third-order valence-electron chi connectivity index (χ3n) is 4.10. The highest BCUT2D eigenvalue weighted by atomic mass is 19.1. The van der Waals surface area contributed by atoms with Gasteiger partial charge in [0.1, 0.15) is 11.6 Å². The van der Waals surface area contributed by atoms with Crippen molar-refractivity contribution < 1.29 is 8.78 Å². The number of benzene rings is 2. The first-order chi connectivity index (χ1) is 9.70. The minimum Gasteiger partial charge on any atom is -0.313 e. The zero-order valence-corrected chi connectivity index (χ0v) is 11.3. The Hall–Kier alpha value is -1.74. The van der Waals surface area contributed by atoms with E-state index >= 15 is 0 Å². The minimum absolute atomic E-state index is 0.0687. The molecule has 1 fully saturated rings. The molecule has 0 spiro atoms. The van der Waals surface area contributed by atoms with Crippen LogP contribution in [0.5, 0.6) is 0 Å². The van der Waals surface area contributed by atoms with Gasteiger partial charge in [0.2, 0.25) is 0 Å². The van der Waals surface area contributed by atoms with E-state index < -0.39 is 11.6 Å². The molecular weight excluding hydrogens is 256 g/mol.